The maximum absolute atomic E-state index is 4.25. The first-order valence-corrected chi connectivity index (χ1v) is 6.81. The molecule has 0 amide bonds. The standard InChI is InChI=1S/C13H18N4S/c1-17(2)12(13-4-3-7-18-13)10-15-9-11-8-14-5-6-16-11/h3-8,12,15H,9-10H2,1-2H3. The predicted octanol–water partition coefficient (Wildman–Crippen LogP) is 1.93. The first-order valence-electron chi connectivity index (χ1n) is 5.93. The van der Waals surface area contributed by atoms with Gasteiger partial charge >= 0.3 is 0 Å². The fourth-order valence-corrected chi connectivity index (χ4v) is 2.70. The molecule has 5 heteroatoms. The van der Waals surface area contributed by atoms with E-state index in [9.17, 15) is 0 Å². The Balaban J connectivity index is 1.87. The molecule has 0 fully saturated rings. The Morgan fingerprint density at radius 2 is 2.28 bits per heavy atom. The molecule has 1 atom stereocenters. The van der Waals surface area contributed by atoms with Crippen molar-refractivity contribution in [2.75, 3.05) is 20.6 Å². The van der Waals surface area contributed by atoms with Gasteiger partial charge < -0.3 is 10.2 Å². The van der Waals surface area contributed by atoms with Gasteiger partial charge in [0.2, 0.25) is 0 Å². The third-order valence-electron chi connectivity index (χ3n) is 2.76. The van der Waals surface area contributed by atoms with Crippen LogP contribution in [0.5, 0.6) is 0 Å². The van der Waals surface area contributed by atoms with Gasteiger partial charge in [0.25, 0.3) is 0 Å². The zero-order valence-electron chi connectivity index (χ0n) is 10.7. The molecular weight excluding hydrogens is 244 g/mol. The molecule has 0 aliphatic carbocycles. The number of nitrogens with one attached hydrogen (secondary N) is 1. The fourth-order valence-electron chi connectivity index (χ4n) is 1.78. The van der Waals surface area contributed by atoms with Crippen LogP contribution in [0.25, 0.3) is 0 Å². The van der Waals surface area contributed by atoms with Crippen molar-refractivity contribution in [3.8, 4) is 0 Å². The molecule has 2 aromatic heterocycles. The lowest BCUT2D eigenvalue weighted by atomic mass is 10.2. The van der Waals surface area contributed by atoms with Gasteiger partial charge in [0.1, 0.15) is 0 Å². The summed E-state index contributed by atoms with van der Waals surface area (Å²) in [6, 6.07) is 4.68. The first-order chi connectivity index (χ1) is 8.77. The van der Waals surface area contributed by atoms with Crippen molar-refractivity contribution in [1.29, 1.82) is 0 Å². The minimum atomic E-state index is 0.404. The second kappa shape index (κ2) is 6.58. The van der Waals surface area contributed by atoms with Crippen LogP contribution in [-0.2, 0) is 6.54 Å². The van der Waals surface area contributed by atoms with E-state index in [-0.39, 0.29) is 0 Å². The molecular formula is C13H18N4S. The Labute approximate surface area is 112 Å². The Hall–Kier alpha value is -1.30. The highest BCUT2D eigenvalue weighted by Gasteiger charge is 2.14. The molecule has 2 aromatic rings. The second-order valence-corrected chi connectivity index (χ2v) is 5.30. The van der Waals surface area contributed by atoms with Gasteiger partial charge in [-0.05, 0) is 25.5 Å². The van der Waals surface area contributed by atoms with Gasteiger partial charge in [0, 0.05) is 36.6 Å². The van der Waals surface area contributed by atoms with Crippen LogP contribution in [-0.4, -0.2) is 35.5 Å². The molecule has 2 heterocycles. The summed E-state index contributed by atoms with van der Waals surface area (Å²) in [6.45, 7) is 1.66. The molecule has 0 radical (unpaired) electrons. The average Bonchev–Trinajstić information content (AvgIpc) is 2.89. The number of aromatic nitrogens is 2. The van der Waals surface area contributed by atoms with Crippen LogP contribution in [0.1, 0.15) is 16.6 Å². The Morgan fingerprint density at radius 1 is 1.39 bits per heavy atom. The maximum atomic E-state index is 4.25. The number of thiophene rings is 1. The van der Waals surface area contributed by atoms with Gasteiger partial charge in [0.05, 0.1) is 11.7 Å². The number of hydrogen-bond acceptors (Lipinski definition) is 5. The summed E-state index contributed by atoms with van der Waals surface area (Å²) < 4.78 is 0. The van der Waals surface area contributed by atoms with Gasteiger partial charge in [-0.1, -0.05) is 6.07 Å². The summed E-state index contributed by atoms with van der Waals surface area (Å²) in [6.07, 6.45) is 5.21. The zero-order chi connectivity index (χ0) is 12.8. The van der Waals surface area contributed by atoms with Crippen molar-refractivity contribution in [2.24, 2.45) is 0 Å². The molecule has 0 bridgehead atoms. The van der Waals surface area contributed by atoms with Gasteiger partial charge in [-0.15, -0.1) is 11.3 Å². The van der Waals surface area contributed by atoms with E-state index >= 15 is 0 Å². The number of likely N-dealkylation sites (N-methyl/N-ethyl adjacent to an activating group) is 1. The minimum Gasteiger partial charge on any atom is -0.309 e. The Bertz CT molecular complexity index is 441. The van der Waals surface area contributed by atoms with Crippen LogP contribution >= 0.6 is 11.3 Å². The lowest BCUT2D eigenvalue weighted by molar-refractivity contribution is 0.292. The lowest BCUT2D eigenvalue weighted by Gasteiger charge is -2.23. The molecule has 18 heavy (non-hydrogen) atoms. The van der Waals surface area contributed by atoms with Crippen molar-refractivity contribution in [1.82, 2.24) is 20.2 Å². The Morgan fingerprint density at radius 3 is 2.89 bits per heavy atom. The first kappa shape index (κ1) is 13.1. The molecule has 0 saturated carbocycles. The van der Waals surface area contributed by atoms with Gasteiger partial charge in [0.15, 0.2) is 0 Å². The maximum Gasteiger partial charge on any atom is 0.0724 e. The zero-order valence-corrected chi connectivity index (χ0v) is 11.5. The fraction of sp³-hybridized carbons (Fsp3) is 0.385. The largest absolute Gasteiger partial charge is 0.309 e. The molecule has 2 rings (SSSR count). The smallest absolute Gasteiger partial charge is 0.0724 e. The van der Waals surface area contributed by atoms with Crippen molar-refractivity contribution in [2.45, 2.75) is 12.6 Å². The summed E-state index contributed by atoms with van der Waals surface area (Å²) in [4.78, 5) is 11.9. The SMILES string of the molecule is CN(C)C(CNCc1cnccn1)c1cccs1. The second-order valence-electron chi connectivity index (χ2n) is 4.32. The normalized spacial score (nSPS) is 12.8. The molecule has 1 N–H and O–H groups in total. The van der Waals surface area contributed by atoms with E-state index < -0.39 is 0 Å². The summed E-state index contributed by atoms with van der Waals surface area (Å²) in [5.74, 6) is 0. The van der Waals surface area contributed by atoms with E-state index in [2.05, 4.69) is 51.8 Å². The van der Waals surface area contributed by atoms with Crippen LogP contribution in [0.4, 0.5) is 0 Å². The van der Waals surface area contributed by atoms with Crippen molar-refractivity contribution in [3.63, 3.8) is 0 Å². The summed E-state index contributed by atoms with van der Waals surface area (Å²) in [7, 11) is 4.21. The van der Waals surface area contributed by atoms with Crippen molar-refractivity contribution >= 4 is 11.3 Å². The predicted molar refractivity (Wildman–Crippen MR) is 74.5 cm³/mol. The van der Waals surface area contributed by atoms with E-state index in [1.165, 1.54) is 4.88 Å². The van der Waals surface area contributed by atoms with Crippen molar-refractivity contribution < 1.29 is 0 Å². The molecule has 0 aliphatic heterocycles. The number of nitrogens with zero attached hydrogens (tertiary/aromatic N) is 3. The number of rotatable bonds is 6. The van der Waals surface area contributed by atoms with Crippen molar-refractivity contribution in [3.05, 3.63) is 46.7 Å². The topological polar surface area (TPSA) is 41.0 Å². The molecule has 0 spiro atoms. The third kappa shape index (κ3) is 3.60. The third-order valence-corrected chi connectivity index (χ3v) is 3.73. The monoisotopic (exact) mass is 262 g/mol. The molecule has 96 valence electrons. The number of hydrogen-bond donors (Lipinski definition) is 1. The highest BCUT2D eigenvalue weighted by molar-refractivity contribution is 7.10. The molecule has 0 aromatic carbocycles. The van der Waals surface area contributed by atoms with Gasteiger partial charge in [-0.3, -0.25) is 9.97 Å². The summed E-state index contributed by atoms with van der Waals surface area (Å²) in [5.41, 5.74) is 0.973. The van der Waals surface area contributed by atoms with Crippen LogP contribution in [0.2, 0.25) is 0 Å². The van der Waals surface area contributed by atoms with Gasteiger partial charge in [-0.25, -0.2) is 0 Å². The van der Waals surface area contributed by atoms with Crippen LogP contribution < -0.4 is 5.32 Å². The van der Waals surface area contributed by atoms with Crippen LogP contribution in [0.3, 0.4) is 0 Å². The summed E-state index contributed by atoms with van der Waals surface area (Å²) >= 11 is 1.80. The highest BCUT2D eigenvalue weighted by atomic mass is 32.1. The van der Waals surface area contributed by atoms with Crippen LogP contribution in [0.15, 0.2) is 36.1 Å². The molecule has 0 saturated heterocycles. The Kier molecular flexibility index (Phi) is 4.81. The van der Waals surface area contributed by atoms with E-state index in [0.717, 1.165) is 18.8 Å². The van der Waals surface area contributed by atoms with E-state index in [0.29, 0.717) is 6.04 Å². The average molecular weight is 262 g/mol. The van der Waals surface area contributed by atoms with E-state index in [1.54, 1.807) is 29.9 Å². The van der Waals surface area contributed by atoms with Gasteiger partial charge in [-0.2, -0.15) is 0 Å². The summed E-state index contributed by atoms with van der Waals surface area (Å²) in [5, 5.41) is 5.55. The van der Waals surface area contributed by atoms with E-state index in [1.807, 2.05) is 0 Å². The highest BCUT2D eigenvalue weighted by Crippen LogP contribution is 2.22. The molecule has 0 aliphatic rings. The molecule has 4 nitrogen and oxygen atoms in total. The quantitative estimate of drug-likeness (QED) is 0.863. The lowest BCUT2D eigenvalue weighted by Crippen LogP contribution is -2.30. The minimum absolute atomic E-state index is 0.404. The molecule has 1 unspecified atom stereocenters. The van der Waals surface area contributed by atoms with Crippen LogP contribution in [0, 0.1) is 0 Å². The van der Waals surface area contributed by atoms with E-state index in [4.69, 9.17) is 0 Å².